The summed E-state index contributed by atoms with van der Waals surface area (Å²) in [7, 11) is 0. The van der Waals surface area contributed by atoms with E-state index in [4.69, 9.17) is 0 Å². The van der Waals surface area contributed by atoms with E-state index in [1.54, 1.807) is 0 Å². The smallest absolute Gasteiger partial charge is 0.0719 e. The monoisotopic (exact) mass is 1100 g/mol. The van der Waals surface area contributed by atoms with Crippen molar-refractivity contribution in [3.63, 3.8) is 0 Å². The van der Waals surface area contributed by atoms with Crippen LogP contribution in [0, 0.1) is 0 Å². The number of fused-ring (bicyclic) bond motifs is 9. The van der Waals surface area contributed by atoms with Crippen molar-refractivity contribution in [1.82, 2.24) is 9.13 Å². The first kappa shape index (κ1) is 50.2. The molecule has 1 aliphatic carbocycles. The summed E-state index contributed by atoms with van der Waals surface area (Å²) in [5, 5.41) is 4.99. The summed E-state index contributed by atoms with van der Waals surface area (Å²) in [6.45, 7) is 0. The van der Waals surface area contributed by atoms with E-state index in [1.165, 1.54) is 149 Å². The Kier molecular flexibility index (Phi) is 11.8. The van der Waals surface area contributed by atoms with E-state index < -0.39 is 5.41 Å². The van der Waals surface area contributed by atoms with E-state index in [1.807, 2.05) is 0 Å². The van der Waals surface area contributed by atoms with Crippen molar-refractivity contribution in [3.8, 4) is 89.3 Å². The van der Waals surface area contributed by atoms with Gasteiger partial charge in [-0.25, -0.2) is 0 Å². The van der Waals surface area contributed by atoms with Crippen molar-refractivity contribution >= 4 is 43.6 Å². The fourth-order valence-corrected chi connectivity index (χ4v) is 14.4. The molecule has 2 heterocycles. The van der Waals surface area contributed by atoms with Gasteiger partial charge in [-0.05, 0) is 173 Å². The van der Waals surface area contributed by atoms with Gasteiger partial charge in [-0.15, -0.1) is 0 Å². The lowest BCUT2D eigenvalue weighted by Gasteiger charge is -2.36. The Morgan fingerprint density at radius 1 is 0.184 bits per heavy atom. The number of hydrogen-bond donors (Lipinski definition) is 0. The molecule has 2 heteroatoms. The number of rotatable bonds is 10. The van der Waals surface area contributed by atoms with Gasteiger partial charge in [0.15, 0.2) is 0 Å². The fraction of sp³-hybridized carbons (Fsp3) is 0.0118. The lowest BCUT2D eigenvalue weighted by molar-refractivity contribution is 0.771. The summed E-state index contributed by atoms with van der Waals surface area (Å²) in [6.07, 6.45) is 0. The largest absolute Gasteiger partial charge is 0.309 e. The highest BCUT2D eigenvalue weighted by Gasteiger charge is 2.47. The number of aromatic nitrogens is 2. The first-order valence-corrected chi connectivity index (χ1v) is 30.1. The van der Waals surface area contributed by atoms with Gasteiger partial charge in [0.05, 0.1) is 27.5 Å². The Labute approximate surface area is 506 Å². The summed E-state index contributed by atoms with van der Waals surface area (Å²) < 4.78 is 4.79. The molecule has 1 aliphatic rings. The van der Waals surface area contributed by atoms with Crippen LogP contribution in [0.5, 0.6) is 0 Å². The van der Waals surface area contributed by atoms with Crippen LogP contribution < -0.4 is 0 Å². The number of para-hydroxylation sites is 3. The predicted molar refractivity (Wildman–Crippen MR) is 365 cm³/mol. The van der Waals surface area contributed by atoms with Crippen LogP contribution >= 0.6 is 0 Å². The van der Waals surface area contributed by atoms with Crippen LogP contribution in [0.4, 0.5) is 0 Å². The molecule has 0 aliphatic heterocycles. The number of hydrogen-bond acceptors (Lipinski definition) is 0. The molecule has 0 saturated heterocycles. The minimum Gasteiger partial charge on any atom is -0.309 e. The minimum absolute atomic E-state index is 0.577. The van der Waals surface area contributed by atoms with Crippen molar-refractivity contribution in [2.45, 2.75) is 5.41 Å². The van der Waals surface area contributed by atoms with Gasteiger partial charge in [0.2, 0.25) is 0 Å². The van der Waals surface area contributed by atoms with Crippen molar-refractivity contribution in [2.24, 2.45) is 0 Å². The molecule has 16 aromatic rings. The molecule has 406 valence electrons. The number of benzene rings is 14. The van der Waals surface area contributed by atoms with Gasteiger partial charge in [0.25, 0.3) is 0 Å². The third kappa shape index (κ3) is 8.17. The van der Waals surface area contributed by atoms with Crippen LogP contribution in [0.25, 0.3) is 133 Å². The van der Waals surface area contributed by atoms with E-state index in [-0.39, 0.29) is 0 Å². The normalized spacial score (nSPS) is 12.5. The van der Waals surface area contributed by atoms with Crippen LogP contribution in [-0.4, -0.2) is 9.13 Å². The van der Waals surface area contributed by atoms with Gasteiger partial charge in [-0.1, -0.05) is 267 Å². The standard InChI is InChI=1S/C85H56N2/c1-3-19-57(20-4-1)63-21-17-23-67(53-63)71-27-7-12-32-78(71)85(79-33-13-8-28-72(79)73-29-9-14-34-80(73)85)68-24-18-22-64(54-68)62-43-41-59(42-44-62)58-37-39-60(40-38-58)61-45-49-70(50-46-61)87-82-36-16-11-31-75(82)77-56-66(48-52-84(77)87)65-47-51-83-76(55-65)74-30-10-15-35-81(74)86(83)69-25-5-2-6-26-69/h1-56H. The molecule has 0 saturated carbocycles. The van der Waals surface area contributed by atoms with Crippen molar-refractivity contribution in [2.75, 3.05) is 0 Å². The van der Waals surface area contributed by atoms with Gasteiger partial charge >= 0.3 is 0 Å². The average Bonchev–Trinajstić information content (AvgIpc) is 1.64. The molecule has 0 radical (unpaired) electrons. The molecule has 2 nitrogen and oxygen atoms in total. The molecule has 0 amide bonds. The molecule has 87 heavy (non-hydrogen) atoms. The Morgan fingerprint density at radius 3 is 1.06 bits per heavy atom. The van der Waals surface area contributed by atoms with E-state index in [2.05, 4.69) is 349 Å². The van der Waals surface area contributed by atoms with E-state index in [0.717, 1.165) is 5.69 Å². The van der Waals surface area contributed by atoms with Crippen LogP contribution in [-0.2, 0) is 5.41 Å². The lowest BCUT2D eigenvalue weighted by atomic mass is 9.65. The third-order valence-electron chi connectivity index (χ3n) is 18.4. The second-order valence-electron chi connectivity index (χ2n) is 23.1. The summed E-state index contributed by atoms with van der Waals surface area (Å²) in [4.78, 5) is 0. The SMILES string of the molecule is c1ccc(-c2cccc(-c3ccccc3C3(c4cccc(-c5ccc(-c6ccc(-c7ccc(-n8c9ccccc9c9cc(-c%10ccc%11c(c%10)c%10ccccc%10n%11-c%10ccccc%10)ccc98)cc7)cc6)cc5)c4)c4ccccc4-c4ccccc43)c2)cc1. The van der Waals surface area contributed by atoms with Gasteiger partial charge in [-0.2, -0.15) is 0 Å². The molecule has 0 unspecified atom stereocenters. The van der Waals surface area contributed by atoms with Gasteiger partial charge < -0.3 is 9.13 Å². The van der Waals surface area contributed by atoms with E-state index in [0.29, 0.717) is 0 Å². The zero-order chi connectivity index (χ0) is 57.4. The Bertz CT molecular complexity index is 5250. The minimum atomic E-state index is -0.577. The maximum Gasteiger partial charge on any atom is 0.0719 e. The molecule has 2 aromatic heterocycles. The summed E-state index contributed by atoms with van der Waals surface area (Å²) in [5.74, 6) is 0. The molecular formula is C85H56N2. The molecular weight excluding hydrogens is 1050 g/mol. The summed E-state index contributed by atoms with van der Waals surface area (Å²) in [5.41, 5.74) is 28.6. The molecule has 17 rings (SSSR count). The molecule has 14 aromatic carbocycles. The second kappa shape index (κ2) is 20.5. The lowest BCUT2D eigenvalue weighted by Crippen LogP contribution is -2.29. The highest BCUT2D eigenvalue weighted by molar-refractivity contribution is 6.13. The molecule has 0 atom stereocenters. The Hall–Kier alpha value is -11.3. The second-order valence-corrected chi connectivity index (χ2v) is 23.1. The van der Waals surface area contributed by atoms with Crippen LogP contribution in [0.3, 0.4) is 0 Å². The van der Waals surface area contributed by atoms with Crippen LogP contribution in [0.1, 0.15) is 22.3 Å². The van der Waals surface area contributed by atoms with Gasteiger partial charge in [0.1, 0.15) is 0 Å². The van der Waals surface area contributed by atoms with Crippen molar-refractivity contribution in [1.29, 1.82) is 0 Å². The zero-order valence-electron chi connectivity index (χ0n) is 47.7. The first-order valence-electron chi connectivity index (χ1n) is 30.1. The maximum atomic E-state index is 2.44. The quantitative estimate of drug-likeness (QED) is 0.129. The highest BCUT2D eigenvalue weighted by atomic mass is 15.0. The molecule has 0 fully saturated rings. The molecule has 0 N–H and O–H groups in total. The topological polar surface area (TPSA) is 9.86 Å². The highest BCUT2D eigenvalue weighted by Crippen LogP contribution is 2.58. The first-order chi connectivity index (χ1) is 43.1. The fourth-order valence-electron chi connectivity index (χ4n) is 14.4. The van der Waals surface area contributed by atoms with Crippen LogP contribution in [0.2, 0.25) is 0 Å². The molecule has 0 spiro atoms. The van der Waals surface area contributed by atoms with Gasteiger partial charge in [-0.3, -0.25) is 0 Å². The van der Waals surface area contributed by atoms with Crippen molar-refractivity contribution in [3.05, 3.63) is 362 Å². The average molecular weight is 1110 g/mol. The third-order valence-corrected chi connectivity index (χ3v) is 18.4. The molecule has 0 bridgehead atoms. The van der Waals surface area contributed by atoms with E-state index in [9.17, 15) is 0 Å². The van der Waals surface area contributed by atoms with Gasteiger partial charge in [0, 0.05) is 32.9 Å². The zero-order valence-corrected chi connectivity index (χ0v) is 47.7. The Morgan fingerprint density at radius 2 is 0.517 bits per heavy atom. The predicted octanol–water partition coefficient (Wildman–Crippen LogP) is 22.2. The van der Waals surface area contributed by atoms with Crippen molar-refractivity contribution < 1.29 is 0 Å². The Balaban J connectivity index is 0.666. The maximum absolute atomic E-state index is 2.44. The van der Waals surface area contributed by atoms with Crippen LogP contribution in [0.15, 0.2) is 340 Å². The summed E-state index contributed by atoms with van der Waals surface area (Å²) in [6, 6.07) is 126. The van der Waals surface area contributed by atoms with E-state index >= 15 is 0 Å². The number of nitrogens with zero attached hydrogens (tertiary/aromatic N) is 2. The summed E-state index contributed by atoms with van der Waals surface area (Å²) >= 11 is 0.